The second-order valence-electron chi connectivity index (χ2n) is 4.06. The maximum absolute atomic E-state index is 9.42. The molecule has 0 atom stereocenters. The summed E-state index contributed by atoms with van der Waals surface area (Å²) in [6.45, 7) is 1.02. The topological polar surface area (TPSA) is 27.9 Å². The molecular weight excluding hydrogens is 188 g/mol. The second kappa shape index (κ2) is 3.95. The van der Waals surface area contributed by atoms with Gasteiger partial charge in [-0.2, -0.15) is 0 Å². The van der Waals surface area contributed by atoms with E-state index in [2.05, 4.69) is 31.1 Å². The van der Waals surface area contributed by atoms with Crippen LogP contribution in [0.3, 0.4) is 0 Å². The van der Waals surface area contributed by atoms with Crippen LogP contribution in [0.15, 0.2) is 30.5 Å². The van der Waals surface area contributed by atoms with Crippen molar-refractivity contribution in [2.24, 2.45) is 0 Å². The highest BCUT2D eigenvalue weighted by molar-refractivity contribution is 5.51. The molecule has 0 saturated heterocycles. The molecule has 1 N–H and O–H groups in total. The van der Waals surface area contributed by atoms with Crippen LogP contribution in [0, 0.1) is 0 Å². The fraction of sp³-hybridized carbons (Fsp3) is 0.333. The molecule has 0 aliphatic carbocycles. The normalized spacial score (nSPS) is 11.4. The summed E-state index contributed by atoms with van der Waals surface area (Å²) in [6, 6.07) is 7.82. The Morgan fingerprint density at radius 1 is 1.20 bits per heavy atom. The summed E-state index contributed by atoms with van der Waals surface area (Å²) < 4.78 is 2.04. The Kier molecular flexibility index (Phi) is 2.64. The van der Waals surface area contributed by atoms with Gasteiger partial charge in [0.1, 0.15) is 5.75 Å². The SMILES string of the molecule is CN(C)CCc1ccc2ccc(O)cn12. The van der Waals surface area contributed by atoms with E-state index >= 15 is 0 Å². The number of aromatic hydroxyl groups is 1. The third-order valence-corrected chi connectivity index (χ3v) is 2.54. The molecule has 0 fully saturated rings. The first-order chi connectivity index (χ1) is 7.16. The van der Waals surface area contributed by atoms with Gasteiger partial charge in [0.15, 0.2) is 0 Å². The van der Waals surface area contributed by atoms with Gasteiger partial charge in [0, 0.05) is 24.2 Å². The zero-order valence-corrected chi connectivity index (χ0v) is 9.14. The van der Waals surface area contributed by atoms with Gasteiger partial charge in [-0.25, -0.2) is 0 Å². The largest absolute Gasteiger partial charge is 0.506 e. The van der Waals surface area contributed by atoms with E-state index in [1.165, 1.54) is 5.69 Å². The number of nitrogens with zero attached hydrogens (tertiary/aromatic N) is 2. The number of rotatable bonds is 3. The Hall–Kier alpha value is -1.48. The molecular formula is C12H16N2O. The molecule has 0 amide bonds. The monoisotopic (exact) mass is 204 g/mol. The Morgan fingerprint density at radius 2 is 1.93 bits per heavy atom. The summed E-state index contributed by atoms with van der Waals surface area (Å²) in [5, 5.41) is 9.42. The zero-order chi connectivity index (χ0) is 10.8. The number of pyridine rings is 1. The fourth-order valence-corrected chi connectivity index (χ4v) is 1.69. The van der Waals surface area contributed by atoms with Crippen molar-refractivity contribution in [2.75, 3.05) is 20.6 Å². The average molecular weight is 204 g/mol. The van der Waals surface area contributed by atoms with E-state index in [1.807, 2.05) is 10.5 Å². The van der Waals surface area contributed by atoms with Gasteiger partial charge < -0.3 is 14.4 Å². The highest BCUT2D eigenvalue weighted by Crippen LogP contribution is 2.15. The van der Waals surface area contributed by atoms with E-state index in [0.717, 1.165) is 18.5 Å². The average Bonchev–Trinajstić information content (AvgIpc) is 2.57. The van der Waals surface area contributed by atoms with Crippen molar-refractivity contribution in [3.05, 3.63) is 36.2 Å². The predicted molar refractivity (Wildman–Crippen MR) is 61.3 cm³/mol. The summed E-state index contributed by atoms with van der Waals surface area (Å²) in [7, 11) is 4.13. The molecule has 0 bridgehead atoms. The van der Waals surface area contributed by atoms with Gasteiger partial charge in [-0.15, -0.1) is 0 Å². The maximum atomic E-state index is 9.42. The molecule has 2 rings (SSSR count). The van der Waals surface area contributed by atoms with Crippen molar-refractivity contribution in [1.29, 1.82) is 0 Å². The van der Waals surface area contributed by atoms with Crippen molar-refractivity contribution in [3.63, 3.8) is 0 Å². The van der Waals surface area contributed by atoms with Gasteiger partial charge in [0.25, 0.3) is 0 Å². The third-order valence-electron chi connectivity index (χ3n) is 2.54. The lowest BCUT2D eigenvalue weighted by molar-refractivity contribution is 0.411. The molecule has 0 saturated carbocycles. The first-order valence-electron chi connectivity index (χ1n) is 5.10. The Balaban J connectivity index is 2.31. The molecule has 2 heterocycles. The van der Waals surface area contributed by atoms with Crippen LogP contribution in [0.4, 0.5) is 0 Å². The lowest BCUT2D eigenvalue weighted by Crippen LogP contribution is -2.15. The van der Waals surface area contributed by atoms with Crippen LogP contribution in [-0.4, -0.2) is 35.0 Å². The van der Waals surface area contributed by atoms with Crippen LogP contribution in [0.25, 0.3) is 5.52 Å². The molecule has 3 heteroatoms. The molecule has 0 aliphatic rings. The zero-order valence-electron chi connectivity index (χ0n) is 9.14. The summed E-state index contributed by atoms with van der Waals surface area (Å²) in [5.41, 5.74) is 2.36. The second-order valence-corrected chi connectivity index (χ2v) is 4.06. The van der Waals surface area contributed by atoms with Crippen molar-refractivity contribution in [1.82, 2.24) is 9.30 Å². The molecule has 0 aromatic carbocycles. The highest BCUT2D eigenvalue weighted by Gasteiger charge is 2.02. The van der Waals surface area contributed by atoms with E-state index < -0.39 is 0 Å². The molecule has 0 unspecified atom stereocenters. The Bertz CT molecular complexity index is 460. The first-order valence-corrected chi connectivity index (χ1v) is 5.10. The van der Waals surface area contributed by atoms with Crippen LogP contribution >= 0.6 is 0 Å². The maximum Gasteiger partial charge on any atom is 0.132 e. The lowest BCUT2D eigenvalue weighted by Gasteiger charge is -2.09. The molecule has 0 spiro atoms. The smallest absolute Gasteiger partial charge is 0.132 e. The van der Waals surface area contributed by atoms with Crippen LogP contribution < -0.4 is 0 Å². The van der Waals surface area contributed by atoms with Crippen molar-refractivity contribution < 1.29 is 5.11 Å². The van der Waals surface area contributed by atoms with Gasteiger partial charge >= 0.3 is 0 Å². The van der Waals surface area contributed by atoms with Crippen LogP contribution in [0.5, 0.6) is 5.75 Å². The van der Waals surface area contributed by atoms with Gasteiger partial charge in [-0.3, -0.25) is 0 Å². The Labute approximate surface area is 89.6 Å². The van der Waals surface area contributed by atoms with Gasteiger partial charge in [-0.05, 0) is 38.4 Å². The van der Waals surface area contributed by atoms with E-state index in [9.17, 15) is 5.11 Å². The van der Waals surface area contributed by atoms with Crippen LogP contribution in [-0.2, 0) is 6.42 Å². The minimum Gasteiger partial charge on any atom is -0.506 e. The number of likely N-dealkylation sites (N-methyl/N-ethyl adjacent to an activating group) is 1. The third kappa shape index (κ3) is 2.13. The fourth-order valence-electron chi connectivity index (χ4n) is 1.69. The predicted octanol–water partition coefficient (Wildman–Crippen LogP) is 1.75. The first kappa shape index (κ1) is 10.1. The standard InChI is InChI=1S/C12H16N2O/c1-13(2)8-7-11-4-3-10-5-6-12(15)9-14(10)11/h3-6,9,15H,7-8H2,1-2H3. The van der Waals surface area contributed by atoms with Gasteiger partial charge in [0.2, 0.25) is 0 Å². The van der Waals surface area contributed by atoms with E-state index in [1.54, 1.807) is 12.3 Å². The number of hydrogen-bond acceptors (Lipinski definition) is 2. The van der Waals surface area contributed by atoms with E-state index in [4.69, 9.17) is 0 Å². The number of aromatic nitrogens is 1. The summed E-state index contributed by atoms with van der Waals surface area (Å²) in [5.74, 6) is 0.310. The van der Waals surface area contributed by atoms with Gasteiger partial charge in [0.05, 0.1) is 6.20 Å². The summed E-state index contributed by atoms with van der Waals surface area (Å²) in [4.78, 5) is 2.15. The molecule has 0 radical (unpaired) electrons. The highest BCUT2D eigenvalue weighted by atomic mass is 16.3. The molecule has 2 aromatic rings. The minimum atomic E-state index is 0.310. The molecule has 2 aromatic heterocycles. The van der Waals surface area contributed by atoms with E-state index in [0.29, 0.717) is 5.75 Å². The number of fused-ring (bicyclic) bond motifs is 1. The van der Waals surface area contributed by atoms with Gasteiger partial charge in [-0.1, -0.05) is 0 Å². The van der Waals surface area contributed by atoms with Crippen LogP contribution in [0.1, 0.15) is 5.69 Å². The lowest BCUT2D eigenvalue weighted by atomic mass is 10.3. The molecule has 80 valence electrons. The summed E-state index contributed by atoms with van der Waals surface area (Å²) >= 11 is 0. The molecule has 0 aliphatic heterocycles. The Morgan fingerprint density at radius 3 is 2.67 bits per heavy atom. The molecule has 3 nitrogen and oxygen atoms in total. The quantitative estimate of drug-likeness (QED) is 0.825. The van der Waals surface area contributed by atoms with Crippen LogP contribution in [0.2, 0.25) is 0 Å². The van der Waals surface area contributed by atoms with Crippen molar-refractivity contribution >= 4 is 5.52 Å². The van der Waals surface area contributed by atoms with Crippen molar-refractivity contribution in [2.45, 2.75) is 6.42 Å². The van der Waals surface area contributed by atoms with E-state index in [-0.39, 0.29) is 0 Å². The van der Waals surface area contributed by atoms with Crippen molar-refractivity contribution in [3.8, 4) is 5.75 Å². The minimum absolute atomic E-state index is 0.310. The summed E-state index contributed by atoms with van der Waals surface area (Å²) in [6.07, 6.45) is 2.75. The number of hydrogen-bond donors (Lipinski definition) is 1. The molecule has 15 heavy (non-hydrogen) atoms.